The summed E-state index contributed by atoms with van der Waals surface area (Å²) < 4.78 is 0. The van der Waals surface area contributed by atoms with E-state index in [2.05, 4.69) is 13.8 Å². The van der Waals surface area contributed by atoms with E-state index in [1.165, 1.54) is 0 Å². The summed E-state index contributed by atoms with van der Waals surface area (Å²) in [5, 5.41) is 0.889. The van der Waals surface area contributed by atoms with E-state index in [9.17, 15) is 9.59 Å². The number of rotatable bonds is 3. The quantitative estimate of drug-likeness (QED) is 0.760. The van der Waals surface area contributed by atoms with E-state index < -0.39 is 11.3 Å². The minimum absolute atomic E-state index is 0.0135. The molecule has 0 saturated heterocycles. The Bertz CT molecular complexity index is 566. The molecule has 4 heteroatoms. The lowest BCUT2D eigenvalue weighted by atomic mass is 9.78. The molecule has 0 aromatic heterocycles. The van der Waals surface area contributed by atoms with Crippen LogP contribution in [0.25, 0.3) is 0 Å². The highest BCUT2D eigenvalue weighted by Gasteiger charge is 2.50. The van der Waals surface area contributed by atoms with E-state index in [0.717, 1.165) is 6.42 Å². The average molecular weight is 313 g/mol. The average Bonchev–Trinajstić information content (AvgIpc) is 2.50. The summed E-state index contributed by atoms with van der Waals surface area (Å²) in [4.78, 5) is 25.0. The largest absolute Gasteiger partial charge is 0.298 e. The van der Waals surface area contributed by atoms with Gasteiger partial charge in [-0.05, 0) is 30.0 Å². The topological polar surface area (TPSA) is 34.1 Å². The third kappa shape index (κ3) is 2.77. The molecule has 1 aromatic carbocycles. The molecule has 2 rings (SSSR count). The molecule has 0 heterocycles. The van der Waals surface area contributed by atoms with Crippen LogP contribution in [0, 0.1) is 11.3 Å². The summed E-state index contributed by atoms with van der Waals surface area (Å²) in [6.45, 7) is 6.01. The molecule has 20 heavy (non-hydrogen) atoms. The summed E-state index contributed by atoms with van der Waals surface area (Å²) in [6, 6.07) is 4.94. The maximum atomic E-state index is 12.7. The van der Waals surface area contributed by atoms with Crippen LogP contribution in [0.1, 0.15) is 45.1 Å². The van der Waals surface area contributed by atoms with Crippen molar-refractivity contribution in [3.63, 3.8) is 0 Å². The molecular weight excluding hydrogens is 295 g/mol. The van der Waals surface area contributed by atoms with E-state index in [1.54, 1.807) is 18.2 Å². The highest BCUT2D eigenvalue weighted by molar-refractivity contribution is 6.35. The lowest BCUT2D eigenvalue weighted by Crippen LogP contribution is -2.26. The van der Waals surface area contributed by atoms with Gasteiger partial charge in [-0.3, -0.25) is 9.59 Å². The molecule has 1 fully saturated rings. The lowest BCUT2D eigenvalue weighted by molar-refractivity contribution is -0.127. The van der Waals surface area contributed by atoms with Gasteiger partial charge >= 0.3 is 0 Å². The number of Topliss-reactive ketones (excluding diaryl/α,β-unsaturated/α-hetero) is 2. The van der Waals surface area contributed by atoms with Crippen LogP contribution in [0.15, 0.2) is 18.2 Å². The van der Waals surface area contributed by atoms with Gasteiger partial charge in [0.2, 0.25) is 0 Å². The van der Waals surface area contributed by atoms with Gasteiger partial charge in [0, 0.05) is 21.9 Å². The van der Waals surface area contributed by atoms with Crippen molar-refractivity contribution in [1.29, 1.82) is 0 Å². The van der Waals surface area contributed by atoms with Crippen LogP contribution in [0.5, 0.6) is 0 Å². The monoisotopic (exact) mass is 312 g/mol. The number of carbonyl (C=O) groups is 2. The van der Waals surface area contributed by atoms with Crippen molar-refractivity contribution in [3.8, 4) is 0 Å². The summed E-state index contributed by atoms with van der Waals surface area (Å²) in [6.07, 6.45) is 1.02. The zero-order valence-electron chi connectivity index (χ0n) is 11.9. The molecule has 1 aliphatic rings. The summed E-state index contributed by atoms with van der Waals surface area (Å²) in [5.41, 5.74) is 0.0114. The minimum Gasteiger partial charge on any atom is -0.298 e. The molecule has 1 saturated carbocycles. The van der Waals surface area contributed by atoms with Gasteiger partial charge in [0.15, 0.2) is 5.78 Å². The number of hydrogen-bond acceptors (Lipinski definition) is 2. The van der Waals surface area contributed by atoms with Crippen LogP contribution in [0.2, 0.25) is 10.0 Å². The Labute approximate surface area is 129 Å². The first-order chi connectivity index (χ1) is 9.24. The fourth-order valence-electron chi connectivity index (χ4n) is 3.19. The number of hydrogen-bond donors (Lipinski definition) is 0. The van der Waals surface area contributed by atoms with Crippen LogP contribution < -0.4 is 0 Å². The molecule has 1 aliphatic carbocycles. The minimum atomic E-state index is -0.733. The fourth-order valence-corrected chi connectivity index (χ4v) is 3.71. The Morgan fingerprint density at radius 3 is 2.50 bits per heavy atom. The van der Waals surface area contributed by atoms with E-state index in [-0.39, 0.29) is 11.6 Å². The molecule has 0 radical (unpaired) electrons. The first kappa shape index (κ1) is 15.5. The van der Waals surface area contributed by atoms with Crippen LogP contribution >= 0.6 is 23.2 Å². The van der Waals surface area contributed by atoms with E-state index in [4.69, 9.17) is 23.2 Å². The zero-order valence-corrected chi connectivity index (χ0v) is 13.4. The predicted molar refractivity (Wildman–Crippen MR) is 81.4 cm³/mol. The van der Waals surface area contributed by atoms with Gasteiger partial charge in [0.05, 0.1) is 0 Å². The lowest BCUT2D eigenvalue weighted by Gasteiger charge is -2.24. The van der Waals surface area contributed by atoms with Gasteiger partial charge in [-0.15, -0.1) is 0 Å². The Morgan fingerprint density at radius 2 is 1.95 bits per heavy atom. The number of halogens is 2. The van der Waals surface area contributed by atoms with Crippen LogP contribution in [-0.2, 0) is 9.59 Å². The second-order valence-corrected chi connectivity index (χ2v) is 7.11. The summed E-state index contributed by atoms with van der Waals surface area (Å²) in [7, 11) is 0. The predicted octanol–water partition coefficient (Wildman–Crippen LogP) is 4.67. The maximum Gasteiger partial charge on any atom is 0.154 e. The highest BCUT2D eigenvalue weighted by Crippen LogP contribution is 2.46. The number of ketones is 2. The first-order valence-electron chi connectivity index (χ1n) is 6.76. The molecule has 0 amide bonds. The second kappa shape index (κ2) is 5.50. The van der Waals surface area contributed by atoms with Crippen molar-refractivity contribution in [2.45, 2.75) is 39.5 Å². The molecule has 0 N–H and O–H groups in total. The first-order valence-corrected chi connectivity index (χ1v) is 7.52. The number of carbonyl (C=O) groups excluding carboxylic acids is 2. The normalized spacial score (nSPS) is 26.6. The molecule has 2 atom stereocenters. The summed E-state index contributed by atoms with van der Waals surface area (Å²) >= 11 is 12.0. The fraction of sp³-hybridized carbons (Fsp3) is 0.500. The van der Waals surface area contributed by atoms with E-state index in [1.807, 2.05) is 6.92 Å². The molecule has 0 spiro atoms. The van der Waals surface area contributed by atoms with Crippen molar-refractivity contribution in [2.24, 2.45) is 11.3 Å². The maximum absolute atomic E-state index is 12.7. The Hall–Kier alpha value is -0.860. The third-order valence-corrected chi connectivity index (χ3v) is 4.44. The smallest absolute Gasteiger partial charge is 0.154 e. The van der Waals surface area contributed by atoms with E-state index >= 15 is 0 Å². The molecular formula is C16H18Cl2O2. The van der Waals surface area contributed by atoms with E-state index in [0.29, 0.717) is 27.9 Å². The van der Waals surface area contributed by atoms with Gasteiger partial charge in [-0.25, -0.2) is 0 Å². The Balaban J connectivity index is 2.38. The van der Waals surface area contributed by atoms with Gasteiger partial charge < -0.3 is 0 Å². The van der Waals surface area contributed by atoms with Gasteiger partial charge in [0.25, 0.3) is 0 Å². The molecule has 108 valence electrons. The zero-order chi connectivity index (χ0) is 15.1. The van der Waals surface area contributed by atoms with Gasteiger partial charge in [-0.2, -0.15) is 0 Å². The summed E-state index contributed by atoms with van der Waals surface area (Å²) in [5.74, 6) is -0.414. The van der Waals surface area contributed by atoms with Crippen molar-refractivity contribution >= 4 is 34.8 Å². The van der Waals surface area contributed by atoms with Gasteiger partial charge in [0.1, 0.15) is 11.7 Å². The van der Waals surface area contributed by atoms with Crippen molar-refractivity contribution in [1.82, 2.24) is 0 Å². The molecule has 2 nitrogen and oxygen atoms in total. The SMILES string of the molecule is CC(C)CC1(C)CC(=O)C(c2ccc(Cl)cc2Cl)C1=O. The molecule has 0 bridgehead atoms. The third-order valence-electron chi connectivity index (χ3n) is 3.88. The standard InChI is InChI=1S/C16H18Cl2O2/c1-9(2)7-16(3)8-13(19)14(15(16)20)11-5-4-10(17)6-12(11)18/h4-6,9,14H,7-8H2,1-3H3. The van der Waals surface area contributed by atoms with Crippen molar-refractivity contribution in [3.05, 3.63) is 33.8 Å². The van der Waals surface area contributed by atoms with Gasteiger partial charge in [-0.1, -0.05) is 50.0 Å². The highest BCUT2D eigenvalue weighted by atomic mass is 35.5. The Kier molecular flexibility index (Phi) is 4.27. The van der Waals surface area contributed by atoms with Crippen LogP contribution in [0.4, 0.5) is 0 Å². The van der Waals surface area contributed by atoms with Crippen molar-refractivity contribution < 1.29 is 9.59 Å². The number of benzene rings is 1. The molecule has 1 aromatic rings. The molecule has 0 aliphatic heterocycles. The van der Waals surface area contributed by atoms with Crippen LogP contribution in [0.3, 0.4) is 0 Å². The molecule has 2 unspecified atom stereocenters. The van der Waals surface area contributed by atoms with Crippen molar-refractivity contribution in [2.75, 3.05) is 0 Å². The van der Waals surface area contributed by atoms with Crippen LogP contribution in [-0.4, -0.2) is 11.6 Å². The second-order valence-electron chi connectivity index (χ2n) is 6.26. The Morgan fingerprint density at radius 1 is 1.30 bits per heavy atom.